The van der Waals surface area contributed by atoms with Crippen molar-refractivity contribution in [1.82, 2.24) is 15.6 Å². The first-order valence-corrected chi connectivity index (χ1v) is 10.4. The molecule has 7 heteroatoms. The van der Waals surface area contributed by atoms with Crippen LogP contribution < -0.4 is 10.6 Å². The second-order valence-electron chi connectivity index (χ2n) is 7.84. The Labute approximate surface area is 179 Å². The number of oxazole rings is 1. The smallest absolute Gasteiger partial charge is 0.273 e. The summed E-state index contributed by atoms with van der Waals surface area (Å²) in [6, 6.07) is 12.9. The van der Waals surface area contributed by atoms with Crippen LogP contribution in [0, 0.1) is 12.7 Å². The second-order valence-corrected chi connectivity index (χ2v) is 7.84. The Bertz CT molecular complexity index is 1100. The van der Waals surface area contributed by atoms with Gasteiger partial charge < -0.3 is 15.1 Å². The number of nitrogens with one attached hydrogen (secondary N) is 2. The average molecular weight is 421 g/mol. The Morgan fingerprint density at radius 1 is 1.10 bits per heavy atom. The minimum atomic E-state index is -0.522. The molecule has 1 aliphatic carbocycles. The van der Waals surface area contributed by atoms with E-state index < -0.39 is 6.04 Å². The summed E-state index contributed by atoms with van der Waals surface area (Å²) in [4.78, 5) is 29.5. The number of halogens is 1. The van der Waals surface area contributed by atoms with Gasteiger partial charge in [0.05, 0.1) is 0 Å². The molecule has 2 amide bonds. The van der Waals surface area contributed by atoms with E-state index in [1.165, 1.54) is 12.1 Å². The van der Waals surface area contributed by atoms with E-state index >= 15 is 0 Å². The molecule has 0 aliphatic heterocycles. The van der Waals surface area contributed by atoms with Crippen molar-refractivity contribution in [3.05, 3.63) is 77.3 Å². The summed E-state index contributed by atoms with van der Waals surface area (Å²) >= 11 is 0. The summed E-state index contributed by atoms with van der Waals surface area (Å²) in [5, 5.41) is 5.80. The van der Waals surface area contributed by atoms with E-state index in [1.807, 2.05) is 6.07 Å². The van der Waals surface area contributed by atoms with Crippen molar-refractivity contribution in [1.29, 1.82) is 0 Å². The number of benzene rings is 2. The molecule has 3 aromatic rings. The highest BCUT2D eigenvalue weighted by Gasteiger charge is 2.25. The van der Waals surface area contributed by atoms with Gasteiger partial charge in [-0.3, -0.25) is 9.59 Å². The first-order valence-electron chi connectivity index (χ1n) is 10.4. The van der Waals surface area contributed by atoms with Crippen LogP contribution in [0.4, 0.5) is 4.39 Å². The van der Waals surface area contributed by atoms with Gasteiger partial charge in [0, 0.05) is 11.6 Å². The van der Waals surface area contributed by atoms with Crippen molar-refractivity contribution < 1.29 is 18.4 Å². The molecule has 1 aromatic heterocycles. The monoisotopic (exact) mass is 421 g/mol. The highest BCUT2D eigenvalue weighted by molar-refractivity contribution is 5.96. The van der Waals surface area contributed by atoms with Crippen LogP contribution in [0.25, 0.3) is 11.1 Å². The fourth-order valence-electron chi connectivity index (χ4n) is 3.44. The van der Waals surface area contributed by atoms with Crippen molar-refractivity contribution in [3.8, 4) is 11.1 Å². The number of amides is 2. The third kappa shape index (κ3) is 4.66. The molecule has 2 N–H and O–H groups in total. The topological polar surface area (TPSA) is 84.2 Å². The molecule has 1 aliphatic rings. The van der Waals surface area contributed by atoms with Gasteiger partial charge in [0.25, 0.3) is 11.8 Å². The van der Waals surface area contributed by atoms with E-state index in [0.29, 0.717) is 11.3 Å². The van der Waals surface area contributed by atoms with Crippen LogP contribution in [0.2, 0.25) is 0 Å². The van der Waals surface area contributed by atoms with Crippen LogP contribution >= 0.6 is 0 Å². The lowest BCUT2D eigenvalue weighted by Crippen LogP contribution is -2.39. The van der Waals surface area contributed by atoms with Gasteiger partial charge in [-0.1, -0.05) is 24.3 Å². The van der Waals surface area contributed by atoms with E-state index in [-0.39, 0.29) is 35.3 Å². The molecule has 0 saturated heterocycles. The lowest BCUT2D eigenvalue weighted by Gasteiger charge is -2.25. The van der Waals surface area contributed by atoms with Gasteiger partial charge in [-0.15, -0.1) is 0 Å². The Balaban J connectivity index is 1.45. The summed E-state index contributed by atoms with van der Waals surface area (Å²) in [6.07, 6.45) is 3.09. The summed E-state index contributed by atoms with van der Waals surface area (Å²) in [7, 11) is 0. The zero-order valence-electron chi connectivity index (χ0n) is 17.4. The Hall–Kier alpha value is -3.48. The SMILES string of the molecule is Cc1oc([C@@H](C)NC(=O)c2cccc(-c3ccc(F)cc3)c2)nc1C(=O)NC1CCC1. The molecule has 0 bridgehead atoms. The van der Waals surface area contributed by atoms with E-state index in [0.717, 1.165) is 30.4 Å². The molecular weight excluding hydrogens is 397 g/mol. The normalized spacial score (nSPS) is 14.5. The molecule has 1 heterocycles. The predicted molar refractivity (Wildman–Crippen MR) is 114 cm³/mol. The number of nitrogens with zero attached hydrogens (tertiary/aromatic N) is 1. The van der Waals surface area contributed by atoms with Gasteiger partial charge >= 0.3 is 0 Å². The molecule has 31 heavy (non-hydrogen) atoms. The largest absolute Gasteiger partial charge is 0.443 e. The predicted octanol–water partition coefficient (Wildman–Crippen LogP) is 4.56. The number of rotatable bonds is 6. The van der Waals surface area contributed by atoms with Crippen molar-refractivity contribution in [3.63, 3.8) is 0 Å². The van der Waals surface area contributed by atoms with Crippen molar-refractivity contribution in [2.75, 3.05) is 0 Å². The van der Waals surface area contributed by atoms with Gasteiger partial charge in [-0.25, -0.2) is 9.37 Å². The number of hydrogen-bond acceptors (Lipinski definition) is 4. The van der Waals surface area contributed by atoms with Gasteiger partial charge in [0.1, 0.15) is 17.6 Å². The molecule has 1 saturated carbocycles. The molecule has 4 rings (SSSR count). The van der Waals surface area contributed by atoms with Crippen LogP contribution in [0.5, 0.6) is 0 Å². The second kappa shape index (κ2) is 8.71. The molecule has 2 aromatic carbocycles. The zero-order valence-corrected chi connectivity index (χ0v) is 17.4. The lowest BCUT2D eigenvalue weighted by atomic mass is 9.93. The Morgan fingerprint density at radius 2 is 1.84 bits per heavy atom. The fraction of sp³-hybridized carbons (Fsp3) is 0.292. The Kier molecular flexibility index (Phi) is 5.84. The lowest BCUT2D eigenvalue weighted by molar-refractivity contribution is 0.0909. The summed E-state index contributed by atoms with van der Waals surface area (Å²) in [6.45, 7) is 3.44. The first kappa shape index (κ1) is 20.8. The molecule has 1 atom stereocenters. The third-order valence-electron chi connectivity index (χ3n) is 5.49. The molecule has 6 nitrogen and oxygen atoms in total. The minimum absolute atomic E-state index is 0.206. The molecule has 0 spiro atoms. The van der Waals surface area contributed by atoms with E-state index in [2.05, 4.69) is 15.6 Å². The number of aromatic nitrogens is 1. The van der Waals surface area contributed by atoms with E-state index in [9.17, 15) is 14.0 Å². The van der Waals surface area contributed by atoms with E-state index in [1.54, 1.807) is 44.2 Å². The van der Waals surface area contributed by atoms with Crippen molar-refractivity contribution >= 4 is 11.8 Å². The third-order valence-corrected chi connectivity index (χ3v) is 5.49. The fourth-order valence-corrected chi connectivity index (χ4v) is 3.44. The standard InChI is InChI=1S/C24H24FN3O3/c1-14(24-28-21(15(2)31-24)23(30)27-20-7-4-8-20)26-22(29)18-6-3-5-17(13-18)16-9-11-19(25)12-10-16/h3,5-6,9-14,20H,4,7-8H2,1-2H3,(H,26,29)(H,27,30)/t14-/m1/s1. The Morgan fingerprint density at radius 3 is 2.52 bits per heavy atom. The van der Waals surface area contributed by atoms with Crippen molar-refractivity contribution in [2.24, 2.45) is 0 Å². The highest BCUT2D eigenvalue weighted by atomic mass is 19.1. The number of aryl methyl sites for hydroxylation is 1. The molecular formula is C24H24FN3O3. The number of carbonyl (C=O) groups excluding carboxylic acids is 2. The molecule has 160 valence electrons. The van der Waals surface area contributed by atoms with Crippen LogP contribution in [0.3, 0.4) is 0 Å². The first-order chi connectivity index (χ1) is 14.9. The van der Waals surface area contributed by atoms with Gasteiger partial charge in [-0.05, 0) is 68.5 Å². The molecule has 0 radical (unpaired) electrons. The maximum absolute atomic E-state index is 13.2. The highest BCUT2D eigenvalue weighted by Crippen LogP contribution is 2.23. The number of hydrogen-bond donors (Lipinski definition) is 2. The maximum atomic E-state index is 13.2. The van der Waals surface area contributed by atoms with Crippen molar-refractivity contribution in [2.45, 2.75) is 45.2 Å². The summed E-state index contributed by atoms with van der Waals surface area (Å²) < 4.78 is 18.8. The maximum Gasteiger partial charge on any atom is 0.273 e. The van der Waals surface area contributed by atoms with E-state index in [4.69, 9.17) is 4.42 Å². The summed E-state index contributed by atoms with van der Waals surface area (Å²) in [5.74, 6) is -0.158. The average Bonchev–Trinajstić information content (AvgIpc) is 3.13. The zero-order chi connectivity index (χ0) is 22.0. The van der Waals surface area contributed by atoms with Gasteiger partial charge in [0.2, 0.25) is 5.89 Å². The van der Waals surface area contributed by atoms with Crippen LogP contribution in [0.1, 0.15) is 64.7 Å². The number of carbonyl (C=O) groups is 2. The van der Waals surface area contributed by atoms with Crippen LogP contribution in [-0.2, 0) is 0 Å². The molecule has 0 unspecified atom stereocenters. The minimum Gasteiger partial charge on any atom is -0.443 e. The molecule has 1 fully saturated rings. The van der Waals surface area contributed by atoms with Gasteiger partial charge in [-0.2, -0.15) is 0 Å². The van der Waals surface area contributed by atoms with Crippen LogP contribution in [-0.4, -0.2) is 22.8 Å². The summed E-state index contributed by atoms with van der Waals surface area (Å²) in [5.41, 5.74) is 2.33. The van der Waals surface area contributed by atoms with Crippen LogP contribution in [0.15, 0.2) is 52.9 Å². The quantitative estimate of drug-likeness (QED) is 0.611. The van der Waals surface area contributed by atoms with Gasteiger partial charge in [0.15, 0.2) is 5.69 Å².